The van der Waals surface area contributed by atoms with Crippen molar-refractivity contribution < 1.29 is 8.42 Å². The Morgan fingerprint density at radius 3 is 2.12 bits per heavy atom. The molecular formula is C11H21N3O2S. The molecular weight excluding hydrogens is 238 g/mol. The van der Waals surface area contributed by atoms with Gasteiger partial charge in [-0.1, -0.05) is 25.7 Å². The Balaban J connectivity index is 2.18. The number of amidine groups is 1. The lowest BCUT2D eigenvalue weighted by molar-refractivity contribution is 0.434. The molecule has 0 aliphatic heterocycles. The summed E-state index contributed by atoms with van der Waals surface area (Å²) in [6.45, 7) is 0. The van der Waals surface area contributed by atoms with E-state index in [2.05, 4.69) is 4.72 Å². The van der Waals surface area contributed by atoms with Crippen LogP contribution in [0.15, 0.2) is 0 Å². The first-order valence-corrected chi connectivity index (χ1v) is 7.88. The minimum Gasteiger partial charge on any atom is -0.386 e. The van der Waals surface area contributed by atoms with E-state index in [1.165, 1.54) is 0 Å². The molecule has 0 spiro atoms. The lowest BCUT2D eigenvalue weighted by atomic mass is 9.90. The summed E-state index contributed by atoms with van der Waals surface area (Å²) < 4.78 is 26.8. The first kappa shape index (κ1) is 12.8. The zero-order chi connectivity index (χ0) is 12.5. The number of hydrogen-bond donors (Lipinski definition) is 3. The van der Waals surface area contributed by atoms with Gasteiger partial charge in [-0.25, -0.2) is 13.1 Å². The molecule has 2 saturated carbocycles. The Morgan fingerprint density at radius 1 is 1.18 bits per heavy atom. The summed E-state index contributed by atoms with van der Waals surface area (Å²) in [5.74, 6) is -0.0244. The number of rotatable bonds is 4. The number of sulfonamides is 1. The van der Waals surface area contributed by atoms with Gasteiger partial charge in [-0.3, -0.25) is 5.41 Å². The summed E-state index contributed by atoms with van der Waals surface area (Å²) in [6.07, 6.45) is 6.87. The highest BCUT2D eigenvalue weighted by atomic mass is 32.2. The Labute approximate surface area is 103 Å². The molecule has 0 unspecified atom stereocenters. The summed E-state index contributed by atoms with van der Waals surface area (Å²) in [4.78, 5) is 0. The summed E-state index contributed by atoms with van der Waals surface area (Å²) >= 11 is 0. The van der Waals surface area contributed by atoms with E-state index >= 15 is 0 Å². The zero-order valence-corrected chi connectivity index (χ0v) is 10.9. The number of hydrogen-bond acceptors (Lipinski definition) is 3. The third-order valence-electron chi connectivity index (χ3n) is 3.77. The molecule has 0 aromatic carbocycles. The lowest BCUT2D eigenvalue weighted by Gasteiger charge is -2.32. The van der Waals surface area contributed by atoms with Gasteiger partial charge in [0, 0.05) is 0 Å². The fraction of sp³-hybridized carbons (Fsp3) is 0.909. The fourth-order valence-corrected chi connectivity index (χ4v) is 4.27. The molecule has 4 N–H and O–H groups in total. The second-order valence-corrected chi connectivity index (χ2v) is 7.22. The van der Waals surface area contributed by atoms with Crippen molar-refractivity contribution in [1.29, 1.82) is 5.41 Å². The molecule has 5 nitrogen and oxygen atoms in total. The predicted octanol–water partition coefficient (Wildman–Crippen LogP) is 1.10. The average Bonchev–Trinajstić information content (AvgIpc) is 3.04. The van der Waals surface area contributed by atoms with E-state index in [4.69, 9.17) is 11.1 Å². The summed E-state index contributed by atoms with van der Waals surface area (Å²) in [6, 6.07) is 0. The minimum absolute atomic E-state index is 0.0244. The second kappa shape index (κ2) is 4.57. The molecule has 0 amide bonds. The molecule has 0 aromatic heterocycles. The van der Waals surface area contributed by atoms with Crippen LogP contribution in [-0.4, -0.2) is 25.0 Å². The number of nitrogens with two attached hydrogens (primary N) is 1. The van der Waals surface area contributed by atoms with Crippen LogP contribution >= 0.6 is 0 Å². The lowest BCUT2D eigenvalue weighted by Crippen LogP contribution is -2.57. The standard InChI is InChI=1S/C11H21N3O2S/c12-10(13)11(7-3-1-2-4-8-11)14-17(15,16)9-5-6-9/h9,14H,1-8H2,(H3,12,13). The largest absolute Gasteiger partial charge is 0.386 e. The maximum absolute atomic E-state index is 12.0. The smallest absolute Gasteiger partial charge is 0.215 e. The summed E-state index contributed by atoms with van der Waals surface area (Å²) in [5.41, 5.74) is 4.85. The van der Waals surface area contributed by atoms with Crippen LogP contribution in [0.2, 0.25) is 0 Å². The van der Waals surface area contributed by atoms with Crippen molar-refractivity contribution in [3.05, 3.63) is 0 Å². The van der Waals surface area contributed by atoms with E-state index in [0.717, 1.165) is 38.5 Å². The molecule has 0 aromatic rings. The first-order chi connectivity index (χ1) is 7.96. The second-order valence-electron chi connectivity index (χ2n) is 5.26. The maximum Gasteiger partial charge on any atom is 0.215 e. The quantitative estimate of drug-likeness (QED) is 0.400. The van der Waals surface area contributed by atoms with Crippen LogP contribution in [0, 0.1) is 5.41 Å². The van der Waals surface area contributed by atoms with Gasteiger partial charge in [0.1, 0.15) is 5.84 Å². The molecule has 0 saturated heterocycles. The van der Waals surface area contributed by atoms with Gasteiger partial charge in [-0.05, 0) is 25.7 Å². The normalized spacial score (nSPS) is 25.2. The summed E-state index contributed by atoms with van der Waals surface area (Å²) in [7, 11) is -3.28. The van der Waals surface area contributed by atoms with Crippen LogP contribution in [0.1, 0.15) is 51.4 Å². The monoisotopic (exact) mass is 259 g/mol. The maximum atomic E-state index is 12.0. The van der Waals surface area contributed by atoms with E-state index in [-0.39, 0.29) is 11.1 Å². The molecule has 2 aliphatic rings. The van der Waals surface area contributed by atoms with Gasteiger partial charge in [0.15, 0.2) is 0 Å². The minimum atomic E-state index is -3.28. The molecule has 98 valence electrons. The SMILES string of the molecule is N=C(N)C1(NS(=O)(=O)C2CC2)CCCCCC1. The molecule has 0 radical (unpaired) electrons. The molecule has 6 heteroatoms. The van der Waals surface area contributed by atoms with Gasteiger partial charge in [0.05, 0.1) is 10.8 Å². The van der Waals surface area contributed by atoms with Crippen LogP contribution < -0.4 is 10.5 Å². The summed E-state index contributed by atoms with van der Waals surface area (Å²) in [5, 5.41) is 7.48. The van der Waals surface area contributed by atoms with E-state index in [1.807, 2.05) is 0 Å². The van der Waals surface area contributed by atoms with Crippen LogP contribution in [0.3, 0.4) is 0 Å². The van der Waals surface area contributed by atoms with Crippen LogP contribution in [0.5, 0.6) is 0 Å². The first-order valence-electron chi connectivity index (χ1n) is 6.34. The Hall–Kier alpha value is -0.620. The van der Waals surface area contributed by atoms with Gasteiger partial charge in [0.2, 0.25) is 10.0 Å². The topological polar surface area (TPSA) is 96.0 Å². The van der Waals surface area contributed by atoms with E-state index < -0.39 is 15.6 Å². The fourth-order valence-electron chi connectivity index (χ4n) is 2.49. The Bertz CT molecular complexity index is 393. The number of nitrogens with one attached hydrogen (secondary N) is 2. The molecule has 0 atom stereocenters. The van der Waals surface area contributed by atoms with Crippen LogP contribution in [-0.2, 0) is 10.0 Å². The van der Waals surface area contributed by atoms with Crippen molar-refractivity contribution in [3.8, 4) is 0 Å². The molecule has 17 heavy (non-hydrogen) atoms. The average molecular weight is 259 g/mol. The molecule has 2 fully saturated rings. The van der Waals surface area contributed by atoms with E-state index in [1.54, 1.807) is 0 Å². The third kappa shape index (κ3) is 2.80. The van der Waals surface area contributed by atoms with Gasteiger partial charge in [0.25, 0.3) is 0 Å². The van der Waals surface area contributed by atoms with Crippen molar-refractivity contribution in [2.45, 2.75) is 62.2 Å². The van der Waals surface area contributed by atoms with Gasteiger partial charge in [-0.15, -0.1) is 0 Å². The molecule has 0 heterocycles. The zero-order valence-electron chi connectivity index (χ0n) is 10.0. The van der Waals surface area contributed by atoms with Crippen LogP contribution in [0.25, 0.3) is 0 Å². The highest BCUT2D eigenvalue weighted by molar-refractivity contribution is 7.90. The predicted molar refractivity (Wildman–Crippen MR) is 67.4 cm³/mol. The molecule has 2 aliphatic carbocycles. The Morgan fingerprint density at radius 2 is 1.71 bits per heavy atom. The Kier molecular flexibility index (Phi) is 3.45. The van der Waals surface area contributed by atoms with Crippen molar-refractivity contribution in [2.75, 3.05) is 0 Å². The van der Waals surface area contributed by atoms with Crippen molar-refractivity contribution in [1.82, 2.24) is 4.72 Å². The van der Waals surface area contributed by atoms with Crippen molar-refractivity contribution in [2.24, 2.45) is 5.73 Å². The van der Waals surface area contributed by atoms with Crippen molar-refractivity contribution in [3.63, 3.8) is 0 Å². The van der Waals surface area contributed by atoms with Crippen LogP contribution in [0.4, 0.5) is 0 Å². The van der Waals surface area contributed by atoms with Gasteiger partial charge >= 0.3 is 0 Å². The van der Waals surface area contributed by atoms with Gasteiger partial charge < -0.3 is 5.73 Å². The van der Waals surface area contributed by atoms with E-state index in [9.17, 15) is 8.42 Å². The highest BCUT2D eigenvalue weighted by Gasteiger charge is 2.43. The molecule has 0 bridgehead atoms. The van der Waals surface area contributed by atoms with E-state index in [0.29, 0.717) is 12.8 Å². The van der Waals surface area contributed by atoms with Gasteiger partial charge in [-0.2, -0.15) is 0 Å². The highest BCUT2D eigenvalue weighted by Crippen LogP contribution is 2.33. The van der Waals surface area contributed by atoms with Crippen molar-refractivity contribution >= 4 is 15.9 Å². The molecule has 2 rings (SSSR count). The third-order valence-corrected chi connectivity index (χ3v) is 5.80.